The molecule has 2 aromatic heterocycles. The predicted octanol–water partition coefficient (Wildman–Crippen LogP) is 6.01. The number of halogens is 5. The van der Waals surface area contributed by atoms with Gasteiger partial charge >= 0.3 is 0 Å². The molecule has 16 heteroatoms. The number of nitrogens with one attached hydrogen (secondary N) is 1. The number of rotatable bonds is 14. The van der Waals surface area contributed by atoms with E-state index >= 15 is 0 Å². The lowest BCUT2D eigenvalue weighted by Gasteiger charge is -2.11. The normalized spacial score (nSPS) is 11.6. The van der Waals surface area contributed by atoms with Crippen LogP contribution >= 0.6 is 27.7 Å². The maximum absolute atomic E-state index is 13.4. The van der Waals surface area contributed by atoms with Crippen molar-refractivity contribution in [2.24, 2.45) is 5.10 Å². The Hall–Kier alpha value is -3.92. The van der Waals surface area contributed by atoms with Gasteiger partial charge in [0.2, 0.25) is 0 Å². The molecule has 0 aliphatic rings. The third-order valence-electron chi connectivity index (χ3n) is 5.93. The van der Waals surface area contributed by atoms with Crippen LogP contribution in [-0.2, 0) is 24.5 Å². The summed E-state index contributed by atoms with van der Waals surface area (Å²) < 4.78 is 67.3. The van der Waals surface area contributed by atoms with Crippen molar-refractivity contribution in [1.29, 1.82) is 0 Å². The van der Waals surface area contributed by atoms with Crippen molar-refractivity contribution in [1.82, 2.24) is 30.0 Å². The number of hydrogen-bond donors (Lipinski definition) is 1. The summed E-state index contributed by atoms with van der Waals surface area (Å²) in [6.07, 6.45) is -4.50. The predicted molar refractivity (Wildman–Crippen MR) is 155 cm³/mol. The molecule has 10 nitrogen and oxygen atoms in total. The summed E-state index contributed by atoms with van der Waals surface area (Å²) in [5.41, 5.74) is 2.54. The molecule has 0 aliphatic heterocycles. The number of alkyl halides is 4. The van der Waals surface area contributed by atoms with Crippen molar-refractivity contribution < 1.29 is 31.8 Å². The monoisotopic (exact) mass is 683 g/mol. The molecule has 0 spiro atoms. The average Bonchev–Trinajstić information content (AvgIpc) is 3.60. The van der Waals surface area contributed by atoms with Crippen LogP contribution in [0.5, 0.6) is 11.5 Å². The van der Waals surface area contributed by atoms with E-state index in [1.807, 2.05) is 30.3 Å². The number of methoxy groups -OCH3 is 1. The van der Waals surface area contributed by atoms with Gasteiger partial charge in [0, 0.05) is 16.6 Å². The second-order valence-electron chi connectivity index (χ2n) is 8.79. The van der Waals surface area contributed by atoms with Gasteiger partial charge in [-0.2, -0.15) is 10.2 Å². The molecule has 0 saturated carbocycles. The number of carbonyl (C=O) groups is 1. The minimum Gasteiger partial charge on any atom is -0.496 e. The minimum atomic E-state index is -2.99. The van der Waals surface area contributed by atoms with Crippen LogP contribution in [0.3, 0.4) is 0 Å². The molecule has 0 radical (unpaired) electrons. The van der Waals surface area contributed by atoms with E-state index < -0.39 is 30.1 Å². The van der Waals surface area contributed by atoms with Crippen molar-refractivity contribution in [3.05, 3.63) is 81.3 Å². The molecule has 0 aliphatic carbocycles. The van der Waals surface area contributed by atoms with Crippen LogP contribution < -0.4 is 14.9 Å². The summed E-state index contributed by atoms with van der Waals surface area (Å²) in [6, 6.07) is 13.5. The lowest BCUT2D eigenvalue weighted by Crippen LogP contribution is -2.20. The molecule has 228 valence electrons. The van der Waals surface area contributed by atoms with E-state index in [2.05, 4.69) is 41.8 Å². The Morgan fingerprint density at radius 1 is 1.12 bits per heavy atom. The van der Waals surface area contributed by atoms with Gasteiger partial charge in [-0.3, -0.25) is 9.48 Å². The molecule has 4 aromatic rings. The van der Waals surface area contributed by atoms with E-state index in [4.69, 9.17) is 9.47 Å². The SMILES string of the molecule is CCn1c(Cn2nc(C(F)F)cc2C(F)F)nnc1SCC(=O)NN=Cc1ccc(OC)c(COc2ccc(Br)cc2)c1. The fourth-order valence-corrected chi connectivity index (χ4v) is 4.96. The van der Waals surface area contributed by atoms with E-state index in [9.17, 15) is 22.4 Å². The number of hydrazone groups is 1. The highest BCUT2D eigenvalue weighted by atomic mass is 79.9. The number of carbonyl (C=O) groups excluding carboxylic acids is 1. The zero-order valence-electron chi connectivity index (χ0n) is 22.9. The van der Waals surface area contributed by atoms with Gasteiger partial charge in [-0.15, -0.1) is 10.2 Å². The van der Waals surface area contributed by atoms with Crippen LogP contribution in [-0.4, -0.2) is 49.5 Å². The molecule has 4 rings (SSSR count). The molecule has 1 amide bonds. The van der Waals surface area contributed by atoms with Crippen molar-refractivity contribution in [2.45, 2.75) is 44.6 Å². The number of nitrogens with zero attached hydrogens (tertiary/aromatic N) is 6. The van der Waals surface area contributed by atoms with Gasteiger partial charge < -0.3 is 14.0 Å². The topological polar surface area (TPSA) is 108 Å². The number of benzene rings is 2. The summed E-state index contributed by atoms with van der Waals surface area (Å²) in [5, 5.41) is 16.0. The Morgan fingerprint density at radius 3 is 2.56 bits per heavy atom. The van der Waals surface area contributed by atoms with Crippen LogP contribution in [0.1, 0.15) is 48.1 Å². The van der Waals surface area contributed by atoms with E-state index in [1.165, 1.54) is 6.21 Å². The highest BCUT2D eigenvalue weighted by Gasteiger charge is 2.23. The fraction of sp³-hybridized carbons (Fsp3) is 0.296. The second-order valence-corrected chi connectivity index (χ2v) is 10.7. The Kier molecular flexibility index (Phi) is 11.2. The molecular formula is C27H26BrF4N7O3S. The first-order chi connectivity index (χ1) is 20.7. The average molecular weight is 685 g/mol. The summed E-state index contributed by atoms with van der Waals surface area (Å²) in [4.78, 5) is 12.4. The Balaban J connectivity index is 1.34. The molecule has 0 atom stereocenters. The summed E-state index contributed by atoms with van der Waals surface area (Å²) in [5.74, 6) is 1.08. The Bertz CT molecular complexity index is 1560. The number of aromatic nitrogens is 5. The number of thioether (sulfide) groups is 1. The summed E-state index contributed by atoms with van der Waals surface area (Å²) >= 11 is 4.45. The highest BCUT2D eigenvalue weighted by molar-refractivity contribution is 9.10. The minimum absolute atomic E-state index is 0.0655. The van der Waals surface area contributed by atoms with E-state index in [0.29, 0.717) is 34.8 Å². The van der Waals surface area contributed by atoms with E-state index in [-0.39, 0.29) is 24.7 Å². The molecule has 0 bridgehead atoms. The van der Waals surface area contributed by atoms with E-state index in [0.717, 1.165) is 26.5 Å². The van der Waals surface area contributed by atoms with Crippen LogP contribution in [0.4, 0.5) is 17.6 Å². The van der Waals surface area contributed by atoms with Gasteiger partial charge in [0.1, 0.15) is 36.0 Å². The Morgan fingerprint density at radius 2 is 1.88 bits per heavy atom. The van der Waals surface area contributed by atoms with Crippen LogP contribution in [0, 0.1) is 0 Å². The van der Waals surface area contributed by atoms with E-state index in [1.54, 1.807) is 30.7 Å². The highest BCUT2D eigenvalue weighted by Crippen LogP contribution is 2.27. The van der Waals surface area contributed by atoms with Crippen LogP contribution in [0.2, 0.25) is 0 Å². The van der Waals surface area contributed by atoms with Gasteiger partial charge in [0.25, 0.3) is 18.8 Å². The zero-order chi connectivity index (χ0) is 30.9. The van der Waals surface area contributed by atoms with Crippen molar-refractivity contribution in [3.8, 4) is 11.5 Å². The fourth-order valence-electron chi connectivity index (χ4n) is 3.88. The smallest absolute Gasteiger partial charge is 0.282 e. The molecule has 2 aromatic carbocycles. The number of ether oxygens (including phenoxy) is 2. The molecule has 43 heavy (non-hydrogen) atoms. The van der Waals surface area contributed by atoms with Gasteiger partial charge in [-0.1, -0.05) is 27.7 Å². The van der Waals surface area contributed by atoms with Gasteiger partial charge in [0.15, 0.2) is 11.0 Å². The van der Waals surface area contributed by atoms with Crippen molar-refractivity contribution in [2.75, 3.05) is 12.9 Å². The first kappa shape index (κ1) is 32.0. The molecule has 1 N–H and O–H groups in total. The third-order valence-corrected chi connectivity index (χ3v) is 7.42. The largest absolute Gasteiger partial charge is 0.496 e. The summed E-state index contributed by atoms with van der Waals surface area (Å²) in [7, 11) is 1.56. The molecule has 0 unspecified atom stereocenters. The van der Waals surface area contributed by atoms with Crippen molar-refractivity contribution in [3.63, 3.8) is 0 Å². The Labute approximate surface area is 256 Å². The standard InChI is InChI=1S/C27H26BrF4N7O3S/c1-3-38-23(13-39-21(26(31)32)11-20(37-39)25(29)30)34-36-27(38)43-15-24(40)35-33-12-16-4-9-22(41-2)17(10-16)14-42-19-7-5-18(28)6-8-19/h4-12,25-26H,3,13-15H2,1-2H3,(H,35,40). The van der Waals surface area contributed by atoms with Crippen LogP contribution in [0.15, 0.2) is 63.3 Å². The lowest BCUT2D eigenvalue weighted by molar-refractivity contribution is -0.118. The zero-order valence-corrected chi connectivity index (χ0v) is 25.3. The van der Waals surface area contributed by atoms with Crippen molar-refractivity contribution >= 4 is 39.8 Å². The number of hydrogen-bond acceptors (Lipinski definition) is 8. The maximum Gasteiger partial charge on any atom is 0.282 e. The quantitative estimate of drug-likeness (QED) is 0.0751. The molecule has 0 fully saturated rings. The molecular weight excluding hydrogens is 658 g/mol. The van der Waals surface area contributed by atoms with Crippen LogP contribution in [0.25, 0.3) is 0 Å². The third kappa shape index (κ3) is 8.56. The lowest BCUT2D eigenvalue weighted by atomic mass is 10.1. The first-order valence-corrected chi connectivity index (χ1v) is 14.5. The summed E-state index contributed by atoms with van der Waals surface area (Å²) in [6.45, 7) is 2.09. The van der Waals surface area contributed by atoms with Gasteiger partial charge in [0.05, 0.1) is 19.1 Å². The second kappa shape index (κ2) is 15.0. The first-order valence-electron chi connectivity index (χ1n) is 12.7. The maximum atomic E-state index is 13.4. The number of amides is 1. The molecule has 2 heterocycles. The van der Waals surface area contributed by atoms with Gasteiger partial charge in [-0.25, -0.2) is 23.0 Å². The molecule has 0 saturated heterocycles. The van der Waals surface area contributed by atoms with Gasteiger partial charge in [-0.05, 0) is 61.0 Å².